The fourth-order valence-electron chi connectivity index (χ4n) is 3.17. The molecular weight excluding hydrogens is 337 g/mol. The molecule has 3 rings (SSSR count). The van der Waals surface area contributed by atoms with Crippen LogP contribution < -0.4 is 15.0 Å². The molecule has 1 amide bonds. The molecule has 2 heterocycles. The highest BCUT2D eigenvalue weighted by Gasteiger charge is 2.29. The Balaban J connectivity index is 0.00000132. The van der Waals surface area contributed by atoms with Crippen LogP contribution in [-0.2, 0) is 4.79 Å². The van der Waals surface area contributed by atoms with Crippen LogP contribution in [0.4, 0.5) is 5.69 Å². The van der Waals surface area contributed by atoms with Crippen molar-refractivity contribution in [3.63, 3.8) is 0 Å². The van der Waals surface area contributed by atoms with E-state index in [0.717, 1.165) is 57.0 Å². The van der Waals surface area contributed by atoms with Gasteiger partial charge in [0.25, 0.3) is 0 Å². The van der Waals surface area contributed by atoms with Crippen LogP contribution in [0.15, 0.2) is 24.3 Å². The molecule has 2 fully saturated rings. The molecular formula is C16H25Cl2N3O2. The summed E-state index contributed by atoms with van der Waals surface area (Å²) >= 11 is 0. The number of methoxy groups -OCH3 is 1. The molecule has 0 aliphatic carbocycles. The lowest BCUT2D eigenvalue weighted by molar-refractivity contribution is -0.133. The molecule has 1 aromatic carbocycles. The molecule has 7 heteroatoms. The standard InChI is InChI=1S/C16H23N3O2.2ClH/c1-21-15-7-3-2-6-14(15)18-9-11-19(12-10-18)16(20)13-5-4-8-17-13;;/h2-3,6-7,13,17H,4-5,8-12H2,1H3;2*1H/t13-;;/m0../s1. The molecule has 0 bridgehead atoms. The topological polar surface area (TPSA) is 44.8 Å². The monoisotopic (exact) mass is 361 g/mol. The lowest BCUT2D eigenvalue weighted by atomic mass is 10.1. The normalized spacial score (nSPS) is 20.5. The van der Waals surface area contributed by atoms with Crippen LogP contribution in [0.25, 0.3) is 0 Å². The van der Waals surface area contributed by atoms with Crippen molar-refractivity contribution in [3.05, 3.63) is 24.3 Å². The van der Waals surface area contributed by atoms with E-state index in [2.05, 4.69) is 16.3 Å². The smallest absolute Gasteiger partial charge is 0.239 e. The highest BCUT2D eigenvalue weighted by molar-refractivity contribution is 5.85. The first-order valence-corrected chi connectivity index (χ1v) is 7.70. The maximum absolute atomic E-state index is 12.4. The van der Waals surface area contributed by atoms with Gasteiger partial charge >= 0.3 is 0 Å². The van der Waals surface area contributed by atoms with Crippen molar-refractivity contribution in [1.82, 2.24) is 10.2 Å². The number of benzene rings is 1. The lowest BCUT2D eigenvalue weighted by Gasteiger charge is -2.37. The Morgan fingerprint density at radius 3 is 2.48 bits per heavy atom. The van der Waals surface area contributed by atoms with Gasteiger partial charge in [0, 0.05) is 26.2 Å². The third-order valence-corrected chi connectivity index (χ3v) is 4.38. The van der Waals surface area contributed by atoms with Gasteiger partial charge < -0.3 is 19.9 Å². The predicted molar refractivity (Wildman–Crippen MR) is 97.3 cm³/mol. The first-order valence-electron chi connectivity index (χ1n) is 7.70. The molecule has 5 nitrogen and oxygen atoms in total. The number of hydrogen-bond acceptors (Lipinski definition) is 4. The van der Waals surface area contributed by atoms with E-state index in [0.29, 0.717) is 0 Å². The Kier molecular flexibility index (Phi) is 7.95. The van der Waals surface area contributed by atoms with Crippen LogP contribution in [0.5, 0.6) is 5.75 Å². The number of hydrogen-bond donors (Lipinski definition) is 1. The fourth-order valence-corrected chi connectivity index (χ4v) is 3.17. The number of halogens is 2. The average Bonchev–Trinajstić information content (AvgIpc) is 3.09. The van der Waals surface area contributed by atoms with Crippen LogP contribution in [0.1, 0.15) is 12.8 Å². The summed E-state index contributed by atoms with van der Waals surface area (Å²) in [6.45, 7) is 4.26. The minimum absolute atomic E-state index is 0. The summed E-state index contributed by atoms with van der Waals surface area (Å²) in [5.74, 6) is 1.17. The SMILES string of the molecule is COc1ccccc1N1CCN(C(=O)[C@@H]2CCCN2)CC1.Cl.Cl. The van der Waals surface area contributed by atoms with Gasteiger partial charge in [0.05, 0.1) is 18.8 Å². The van der Waals surface area contributed by atoms with Crippen molar-refractivity contribution >= 4 is 36.4 Å². The van der Waals surface area contributed by atoms with E-state index in [9.17, 15) is 4.79 Å². The predicted octanol–water partition coefficient (Wildman–Crippen LogP) is 1.94. The summed E-state index contributed by atoms with van der Waals surface area (Å²) in [6.07, 6.45) is 2.09. The Morgan fingerprint density at radius 2 is 1.87 bits per heavy atom. The molecule has 0 spiro atoms. The Labute approximate surface area is 150 Å². The number of carbonyl (C=O) groups is 1. The van der Waals surface area contributed by atoms with E-state index in [1.54, 1.807) is 7.11 Å². The van der Waals surface area contributed by atoms with Gasteiger partial charge in [-0.05, 0) is 31.5 Å². The van der Waals surface area contributed by atoms with Crippen LogP contribution >= 0.6 is 24.8 Å². The van der Waals surface area contributed by atoms with Gasteiger partial charge in [-0.25, -0.2) is 0 Å². The molecule has 2 aliphatic heterocycles. The van der Waals surface area contributed by atoms with E-state index < -0.39 is 0 Å². The first-order chi connectivity index (χ1) is 10.3. The van der Waals surface area contributed by atoms with Gasteiger partial charge in [-0.3, -0.25) is 4.79 Å². The largest absolute Gasteiger partial charge is 0.495 e. The zero-order valence-electron chi connectivity index (χ0n) is 13.4. The summed E-state index contributed by atoms with van der Waals surface area (Å²) in [7, 11) is 1.70. The van der Waals surface area contributed by atoms with E-state index in [1.165, 1.54) is 0 Å². The summed E-state index contributed by atoms with van der Waals surface area (Å²) in [4.78, 5) is 16.7. The summed E-state index contributed by atoms with van der Waals surface area (Å²) in [5, 5.41) is 3.29. The highest BCUT2D eigenvalue weighted by atomic mass is 35.5. The quantitative estimate of drug-likeness (QED) is 0.893. The average molecular weight is 362 g/mol. The number of para-hydroxylation sites is 2. The number of rotatable bonds is 3. The van der Waals surface area contributed by atoms with Crippen molar-refractivity contribution in [3.8, 4) is 5.75 Å². The zero-order chi connectivity index (χ0) is 14.7. The number of nitrogens with one attached hydrogen (secondary N) is 1. The minimum Gasteiger partial charge on any atom is -0.495 e. The molecule has 1 atom stereocenters. The third kappa shape index (κ3) is 4.43. The molecule has 0 radical (unpaired) electrons. The zero-order valence-corrected chi connectivity index (χ0v) is 15.0. The van der Waals surface area contributed by atoms with Gasteiger partial charge in [-0.2, -0.15) is 0 Å². The number of piperazine rings is 1. The number of amides is 1. The van der Waals surface area contributed by atoms with Crippen LogP contribution in [0.3, 0.4) is 0 Å². The van der Waals surface area contributed by atoms with E-state index >= 15 is 0 Å². The van der Waals surface area contributed by atoms with Gasteiger partial charge in [0.2, 0.25) is 5.91 Å². The number of anilines is 1. The lowest BCUT2D eigenvalue weighted by Crippen LogP contribution is -2.53. The molecule has 0 saturated carbocycles. The molecule has 23 heavy (non-hydrogen) atoms. The third-order valence-electron chi connectivity index (χ3n) is 4.38. The molecule has 2 saturated heterocycles. The number of ether oxygens (including phenoxy) is 1. The second-order valence-electron chi connectivity index (χ2n) is 5.63. The Bertz CT molecular complexity index is 502. The second-order valence-corrected chi connectivity index (χ2v) is 5.63. The fraction of sp³-hybridized carbons (Fsp3) is 0.562. The van der Waals surface area contributed by atoms with Crippen molar-refractivity contribution in [1.29, 1.82) is 0 Å². The van der Waals surface area contributed by atoms with Crippen LogP contribution in [0.2, 0.25) is 0 Å². The molecule has 2 aliphatic rings. The Hall–Kier alpha value is -1.17. The van der Waals surface area contributed by atoms with Crippen LogP contribution in [-0.4, -0.2) is 56.7 Å². The van der Waals surface area contributed by atoms with Crippen molar-refractivity contribution in [2.45, 2.75) is 18.9 Å². The minimum atomic E-state index is 0. The maximum Gasteiger partial charge on any atom is 0.239 e. The molecule has 1 N–H and O–H groups in total. The second kappa shape index (κ2) is 9.21. The van der Waals surface area contributed by atoms with E-state index in [-0.39, 0.29) is 36.8 Å². The summed E-state index contributed by atoms with van der Waals surface area (Å²) in [6, 6.07) is 8.11. The summed E-state index contributed by atoms with van der Waals surface area (Å²) in [5.41, 5.74) is 1.12. The summed E-state index contributed by atoms with van der Waals surface area (Å²) < 4.78 is 5.42. The molecule has 1 aromatic rings. The van der Waals surface area contributed by atoms with Gasteiger partial charge in [-0.1, -0.05) is 12.1 Å². The van der Waals surface area contributed by atoms with Gasteiger partial charge in [-0.15, -0.1) is 24.8 Å². The van der Waals surface area contributed by atoms with Crippen LogP contribution in [0, 0.1) is 0 Å². The molecule has 130 valence electrons. The molecule has 0 aromatic heterocycles. The van der Waals surface area contributed by atoms with E-state index in [1.807, 2.05) is 23.1 Å². The van der Waals surface area contributed by atoms with Gasteiger partial charge in [0.15, 0.2) is 0 Å². The first kappa shape index (κ1) is 19.9. The maximum atomic E-state index is 12.4. The highest BCUT2D eigenvalue weighted by Crippen LogP contribution is 2.28. The number of carbonyl (C=O) groups excluding carboxylic acids is 1. The molecule has 0 unspecified atom stereocenters. The van der Waals surface area contributed by atoms with Gasteiger partial charge in [0.1, 0.15) is 5.75 Å². The van der Waals surface area contributed by atoms with Crippen molar-refractivity contribution < 1.29 is 9.53 Å². The Morgan fingerprint density at radius 1 is 1.17 bits per heavy atom. The van der Waals surface area contributed by atoms with Crippen molar-refractivity contribution in [2.24, 2.45) is 0 Å². The van der Waals surface area contributed by atoms with E-state index in [4.69, 9.17) is 4.74 Å². The van der Waals surface area contributed by atoms with Crippen molar-refractivity contribution in [2.75, 3.05) is 44.7 Å². The number of nitrogens with zero attached hydrogens (tertiary/aromatic N) is 2.